The van der Waals surface area contributed by atoms with Crippen molar-refractivity contribution in [1.82, 2.24) is 0 Å². The molecule has 0 heterocycles. The molecule has 4 N–H and O–H groups in total. The van der Waals surface area contributed by atoms with Crippen LogP contribution in [0.25, 0.3) is 11.1 Å². The van der Waals surface area contributed by atoms with Gasteiger partial charge in [0.25, 0.3) is 0 Å². The van der Waals surface area contributed by atoms with Gasteiger partial charge in [-0.2, -0.15) is 0 Å². The smallest absolute Gasteiger partial charge is 0.337 e. The number of hydrogen-bond donors (Lipinski definition) is 3. The number of hydrogen-bond acceptors (Lipinski definition) is 5. The number of benzene rings is 2. The number of nitrogen functional groups attached to an aromatic ring is 1. The number of carbonyl (C=O) groups is 2. The van der Waals surface area contributed by atoms with E-state index in [0.717, 1.165) is 0 Å². The van der Waals surface area contributed by atoms with Crippen LogP contribution in [0.2, 0.25) is 0 Å². The van der Waals surface area contributed by atoms with Gasteiger partial charge in [-0.25, -0.2) is 4.79 Å². The topological polar surface area (TPSA) is 110 Å². The van der Waals surface area contributed by atoms with Gasteiger partial charge < -0.3 is 20.7 Å². The molecule has 2 aromatic rings. The number of carboxylic acid groups (broad SMARTS) is 1. The van der Waals surface area contributed by atoms with Crippen molar-refractivity contribution in [3.05, 3.63) is 66.3 Å². The van der Waals surface area contributed by atoms with Crippen LogP contribution in [0, 0.1) is 0 Å². The van der Waals surface area contributed by atoms with E-state index < -0.39 is 11.8 Å². The fraction of sp³-hybridized carbons (Fsp3) is 0.0526. The Morgan fingerprint density at radius 1 is 1.16 bits per heavy atom. The van der Waals surface area contributed by atoms with Crippen LogP contribution < -0.4 is 10.5 Å². The Morgan fingerprint density at radius 3 is 2.44 bits per heavy atom. The number of ether oxygens (including phenoxy) is 1. The minimum atomic E-state index is -1.24. The largest absolute Gasteiger partial charge is 0.504 e. The fourth-order valence-corrected chi connectivity index (χ4v) is 2.30. The summed E-state index contributed by atoms with van der Waals surface area (Å²) in [6.45, 7) is 3.49. The predicted molar refractivity (Wildman–Crippen MR) is 95.1 cm³/mol. The maximum atomic E-state index is 12.3. The number of carbonyl (C=O) groups excluding carboxylic acids is 1. The minimum absolute atomic E-state index is 0.0506. The summed E-state index contributed by atoms with van der Waals surface area (Å²) in [4.78, 5) is 23.8. The van der Waals surface area contributed by atoms with Gasteiger partial charge >= 0.3 is 5.97 Å². The minimum Gasteiger partial charge on any atom is -0.504 e. The molecule has 0 aromatic heterocycles. The Balaban J connectivity index is 2.68. The van der Waals surface area contributed by atoms with Crippen LogP contribution in [0.15, 0.2) is 55.1 Å². The molecule has 2 aromatic carbocycles. The number of phenolic OH excluding ortho intramolecular Hbond substituents is 1. The van der Waals surface area contributed by atoms with Crippen molar-refractivity contribution >= 4 is 17.4 Å². The molecule has 128 valence electrons. The standard InChI is InChI=1S/C19H17NO5/c1-3-4-5-15(21)13-8-12(9-14(18(13)20)19(23)24)11-6-7-16(22)17(10-11)25-2/h3-10,22H,1,20H2,2H3,(H,23,24). The summed E-state index contributed by atoms with van der Waals surface area (Å²) in [7, 11) is 1.40. The summed E-state index contributed by atoms with van der Waals surface area (Å²) in [5.74, 6) is -1.50. The molecule has 0 saturated heterocycles. The Bertz CT molecular complexity index is 884. The zero-order chi connectivity index (χ0) is 18.6. The van der Waals surface area contributed by atoms with E-state index in [-0.39, 0.29) is 28.3 Å². The normalized spacial score (nSPS) is 10.6. The first kappa shape index (κ1) is 17.8. The molecule has 0 radical (unpaired) electrons. The molecule has 0 saturated carbocycles. The van der Waals surface area contributed by atoms with Crippen molar-refractivity contribution in [1.29, 1.82) is 0 Å². The quantitative estimate of drug-likeness (QED) is 0.322. The van der Waals surface area contributed by atoms with Crippen molar-refractivity contribution in [2.75, 3.05) is 12.8 Å². The maximum absolute atomic E-state index is 12.3. The molecule has 6 nitrogen and oxygen atoms in total. The van der Waals surface area contributed by atoms with E-state index in [9.17, 15) is 19.8 Å². The average Bonchev–Trinajstić information content (AvgIpc) is 2.60. The van der Waals surface area contributed by atoms with Crippen LogP contribution in [-0.4, -0.2) is 29.1 Å². The van der Waals surface area contributed by atoms with Gasteiger partial charge in [0, 0.05) is 5.56 Å². The van der Waals surface area contributed by atoms with Gasteiger partial charge in [0.15, 0.2) is 17.3 Å². The maximum Gasteiger partial charge on any atom is 0.337 e. The van der Waals surface area contributed by atoms with E-state index >= 15 is 0 Å². The first-order valence-electron chi connectivity index (χ1n) is 7.26. The van der Waals surface area contributed by atoms with Crippen molar-refractivity contribution in [2.24, 2.45) is 0 Å². The van der Waals surface area contributed by atoms with Crippen LogP contribution in [0.5, 0.6) is 11.5 Å². The molecule has 0 aliphatic rings. The molecule has 0 bridgehead atoms. The van der Waals surface area contributed by atoms with Gasteiger partial charge in [0.2, 0.25) is 0 Å². The van der Waals surface area contributed by atoms with E-state index in [0.29, 0.717) is 11.1 Å². The summed E-state index contributed by atoms with van der Waals surface area (Å²) < 4.78 is 5.06. The highest BCUT2D eigenvalue weighted by Crippen LogP contribution is 2.34. The lowest BCUT2D eigenvalue weighted by atomic mass is 9.95. The molecule has 0 fully saturated rings. The predicted octanol–water partition coefficient (Wildman–Crippen LogP) is 3.27. The van der Waals surface area contributed by atoms with Crippen LogP contribution in [0.4, 0.5) is 5.69 Å². The van der Waals surface area contributed by atoms with E-state index in [1.807, 2.05) is 0 Å². The number of phenols is 1. The molecule has 6 heteroatoms. The number of allylic oxidation sites excluding steroid dienone is 3. The zero-order valence-electron chi connectivity index (χ0n) is 13.5. The summed E-state index contributed by atoms with van der Waals surface area (Å²) in [5, 5.41) is 19.1. The molecular weight excluding hydrogens is 322 g/mol. The second-order valence-corrected chi connectivity index (χ2v) is 5.14. The summed E-state index contributed by atoms with van der Waals surface area (Å²) >= 11 is 0. The number of carboxylic acids is 1. The number of rotatable bonds is 6. The second-order valence-electron chi connectivity index (χ2n) is 5.14. The highest BCUT2D eigenvalue weighted by atomic mass is 16.5. The molecule has 0 aliphatic heterocycles. The molecule has 0 unspecified atom stereocenters. The third-order valence-corrected chi connectivity index (χ3v) is 3.57. The molecule has 0 spiro atoms. The second kappa shape index (κ2) is 7.35. The number of methoxy groups -OCH3 is 1. The Hall–Kier alpha value is -3.54. The summed E-state index contributed by atoms with van der Waals surface area (Å²) in [6.07, 6.45) is 4.13. The number of anilines is 1. The Morgan fingerprint density at radius 2 is 1.84 bits per heavy atom. The highest BCUT2D eigenvalue weighted by molar-refractivity contribution is 6.12. The van der Waals surface area contributed by atoms with Gasteiger partial charge in [-0.15, -0.1) is 0 Å². The van der Waals surface area contributed by atoms with Crippen molar-refractivity contribution < 1.29 is 24.5 Å². The molecular formula is C19H17NO5. The first-order valence-corrected chi connectivity index (χ1v) is 7.26. The van der Waals surface area contributed by atoms with Crippen molar-refractivity contribution in [3.63, 3.8) is 0 Å². The summed E-state index contributed by atoms with van der Waals surface area (Å²) in [6, 6.07) is 7.42. The van der Waals surface area contributed by atoms with Gasteiger partial charge in [0.05, 0.1) is 18.4 Å². The van der Waals surface area contributed by atoms with Crippen LogP contribution >= 0.6 is 0 Å². The van der Waals surface area contributed by atoms with Crippen molar-refractivity contribution in [2.45, 2.75) is 0 Å². The number of aromatic hydroxyl groups is 1. The van der Waals surface area contributed by atoms with Crippen LogP contribution in [0.1, 0.15) is 20.7 Å². The molecule has 2 rings (SSSR count). The number of nitrogens with two attached hydrogens (primary N) is 1. The Labute approximate surface area is 144 Å². The molecule has 25 heavy (non-hydrogen) atoms. The van der Waals surface area contributed by atoms with Gasteiger partial charge in [-0.05, 0) is 41.5 Å². The lowest BCUT2D eigenvalue weighted by molar-refractivity contribution is 0.0698. The van der Waals surface area contributed by atoms with E-state index in [4.69, 9.17) is 10.5 Å². The van der Waals surface area contributed by atoms with Crippen LogP contribution in [0.3, 0.4) is 0 Å². The zero-order valence-corrected chi connectivity index (χ0v) is 13.5. The van der Waals surface area contributed by atoms with Gasteiger partial charge in [-0.3, -0.25) is 4.79 Å². The van der Waals surface area contributed by atoms with E-state index in [2.05, 4.69) is 6.58 Å². The van der Waals surface area contributed by atoms with E-state index in [1.165, 1.54) is 43.5 Å². The van der Waals surface area contributed by atoms with Crippen molar-refractivity contribution in [3.8, 4) is 22.6 Å². The molecule has 0 aliphatic carbocycles. The third-order valence-electron chi connectivity index (χ3n) is 3.57. The average molecular weight is 339 g/mol. The molecule has 0 atom stereocenters. The number of ketones is 1. The first-order chi connectivity index (χ1) is 11.9. The Kier molecular flexibility index (Phi) is 5.24. The molecule has 0 amide bonds. The van der Waals surface area contributed by atoms with E-state index in [1.54, 1.807) is 12.1 Å². The lowest BCUT2D eigenvalue weighted by Crippen LogP contribution is -2.09. The highest BCUT2D eigenvalue weighted by Gasteiger charge is 2.18. The fourth-order valence-electron chi connectivity index (χ4n) is 2.30. The summed E-state index contributed by atoms with van der Waals surface area (Å²) in [5.41, 5.74) is 6.66. The number of aromatic carboxylic acids is 1. The van der Waals surface area contributed by atoms with Gasteiger partial charge in [0.1, 0.15) is 0 Å². The van der Waals surface area contributed by atoms with Crippen LogP contribution in [-0.2, 0) is 0 Å². The van der Waals surface area contributed by atoms with Gasteiger partial charge in [-0.1, -0.05) is 24.8 Å². The SMILES string of the molecule is C=CC=CC(=O)c1cc(-c2ccc(O)c(OC)c2)cc(C(=O)O)c1N. The lowest BCUT2D eigenvalue weighted by Gasteiger charge is -2.12. The third kappa shape index (κ3) is 3.69. The monoisotopic (exact) mass is 339 g/mol.